The summed E-state index contributed by atoms with van der Waals surface area (Å²) in [5.74, 6) is -0.0956. The predicted octanol–water partition coefficient (Wildman–Crippen LogP) is 3.27. The molecule has 0 atom stereocenters. The molecule has 80 valence electrons. The van der Waals surface area contributed by atoms with Crippen molar-refractivity contribution in [2.75, 3.05) is 0 Å². The maximum absolute atomic E-state index is 12.1. The lowest BCUT2D eigenvalue weighted by atomic mass is 10.0. The number of nitrogens with zero attached hydrogens (tertiary/aromatic N) is 1. The molecule has 0 amide bonds. The first-order valence-electron chi connectivity index (χ1n) is 4.90. The lowest BCUT2D eigenvalue weighted by molar-refractivity contribution is 0.103. The van der Waals surface area contributed by atoms with Gasteiger partial charge in [0, 0.05) is 11.8 Å². The monoisotopic (exact) mass is 231 g/mol. The van der Waals surface area contributed by atoms with Crippen molar-refractivity contribution in [3.05, 3.63) is 64.4 Å². The van der Waals surface area contributed by atoms with Gasteiger partial charge in [0.05, 0.1) is 5.56 Å². The van der Waals surface area contributed by atoms with Crippen LogP contribution in [0.15, 0.2) is 42.6 Å². The molecule has 2 nitrogen and oxygen atoms in total. The van der Waals surface area contributed by atoms with Gasteiger partial charge in [0.2, 0.25) is 0 Å². The van der Waals surface area contributed by atoms with Crippen molar-refractivity contribution in [1.82, 2.24) is 4.98 Å². The zero-order valence-electron chi connectivity index (χ0n) is 8.77. The van der Waals surface area contributed by atoms with Gasteiger partial charge in [0.1, 0.15) is 5.15 Å². The lowest BCUT2D eigenvalue weighted by Gasteiger charge is -2.03. The van der Waals surface area contributed by atoms with Gasteiger partial charge in [0.15, 0.2) is 5.78 Å². The first-order valence-corrected chi connectivity index (χ1v) is 5.28. The summed E-state index contributed by atoms with van der Waals surface area (Å²) in [5.41, 5.74) is 2.12. The molecule has 0 aliphatic carbocycles. The van der Waals surface area contributed by atoms with Crippen LogP contribution < -0.4 is 0 Å². The Balaban J connectivity index is 2.44. The van der Waals surface area contributed by atoms with E-state index in [0.717, 1.165) is 5.56 Å². The standard InChI is InChI=1S/C13H10ClNO/c1-9-4-2-5-10(8-9)12(16)11-6-3-7-15-13(11)14/h2-8H,1H3. The van der Waals surface area contributed by atoms with E-state index in [9.17, 15) is 4.79 Å². The van der Waals surface area contributed by atoms with Crippen LogP contribution in [0.3, 0.4) is 0 Å². The number of benzene rings is 1. The van der Waals surface area contributed by atoms with Gasteiger partial charge in [-0.3, -0.25) is 4.79 Å². The highest BCUT2D eigenvalue weighted by atomic mass is 35.5. The number of aromatic nitrogens is 1. The Morgan fingerprint density at radius 1 is 1.25 bits per heavy atom. The van der Waals surface area contributed by atoms with E-state index in [1.54, 1.807) is 24.4 Å². The molecule has 0 saturated heterocycles. The summed E-state index contributed by atoms with van der Waals surface area (Å²) in [4.78, 5) is 16.0. The number of carbonyl (C=O) groups is 1. The number of pyridine rings is 1. The smallest absolute Gasteiger partial charge is 0.196 e. The third kappa shape index (κ3) is 2.12. The zero-order chi connectivity index (χ0) is 11.5. The van der Waals surface area contributed by atoms with Crippen LogP contribution in [0.4, 0.5) is 0 Å². The number of ketones is 1. The van der Waals surface area contributed by atoms with Crippen molar-refractivity contribution in [1.29, 1.82) is 0 Å². The van der Waals surface area contributed by atoms with E-state index in [0.29, 0.717) is 11.1 Å². The van der Waals surface area contributed by atoms with Crippen LogP contribution in [0.25, 0.3) is 0 Å². The minimum absolute atomic E-state index is 0.0956. The van der Waals surface area contributed by atoms with E-state index in [1.807, 2.05) is 25.1 Å². The molecule has 0 aliphatic heterocycles. The predicted molar refractivity (Wildman–Crippen MR) is 63.9 cm³/mol. The van der Waals surface area contributed by atoms with E-state index in [-0.39, 0.29) is 10.9 Å². The number of hydrogen-bond acceptors (Lipinski definition) is 2. The van der Waals surface area contributed by atoms with Gasteiger partial charge in [-0.05, 0) is 25.1 Å². The van der Waals surface area contributed by atoms with Crippen molar-refractivity contribution >= 4 is 17.4 Å². The summed E-state index contributed by atoms with van der Waals surface area (Å²) < 4.78 is 0. The molecule has 3 heteroatoms. The van der Waals surface area contributed by atoms with Gasteiger partial charge in [-0.2, -0.15) is 0 Å². The highest BCUT2D eigenvalue weighted by molar-refractivity contribution is 6.33. The molecule has 0 bridgehead atoms. The summed E-state index contributed by atoms with van der Waals surface area (Å²) in [6.45, 7) is 1.95. The third-order valence-corrected chi connectivity index (χ3v) is 2.59. The number of halogens is 1. The second kappa shape index (κ2) is 4.45. The van der Waals surface area contributed by atoms with Crippen molar-refractivity contribution < 1.29 is 4.79 Å². The Labute approximate surface area is 98.9 Å². The number of carbonyl (C=O) groups excluding carboxylic acids is 1. The van der Waals surface area contributed by atoms with Crippen molar-refractivity contribution in [2.24, 2.45) is 0 Å². The van der Waals surface area contributed by atoms with Gasteiger partial charge in [-0.25, -0.2) is 4.98 Å². The minimum Gasteiger partial charge on any atom is -0.288 e. The summed E-state index contributed by atoms with van der Waals surface area (Å²) in [7, 11) is 0. The molecule has 1 aromatic carbocycles. The lowest BCUT2D eigenvalue weighted by Crippen LogP contribution is -2.03. The zero-order valence-corrected chi connectivity index (χ0v) is 9.53. The summed E-state index contributed by atoms with van der Waals surface area (Å²) in [6.07, 6.45) is 1.56. The van der Waals surface area contributed by atoms with Crippen LogP contribution in [0.5, 0.6) is 0 Å². The minimum atomic E-state index is -0.0956. The third-order valence-electron chi connectivity index (χ3n) is 2.28. The Morgan fingerprint density at radius 3 is 2.75 bits per heavy atom. The maximum Gasteiger partial charge on any atom is 0.196 e. The van der Waals surface area contributed by atoms with Crippen molar-refractivity contribution in [3.63, 3.8) is 0 Å². The second-order valence-electron chi connectivity index (χ2n) is 3.54. The van der Waals surface area contributed by atoms with Crippen molar-refractivity contribution in [2.45, 2.75) is 6.92 Å². The molecule has 0 fully saturated rings. The normalized spacial score (nSPS) is 10.1. The summed E-state index contributed by atoms with van der Waals surface area (Å²) in [6, 6.07) is 10.8. The van der Waals surface area contributed by atoms with E-state index in [2.05, 4.69) is 4.98 Å². The average molecular weight is 232 g/mol. The molecule has 16 heavy (non-hydrogen) atoms. The van der Waals surface area contributed by atoms with Crippen molar-refractivity contribution in [3.8, 4) is 0 Å². The van der Waals surface area contributed by atoms with Gasteiger partial charge in [-0.15, -0.1) is 0 Å². The number of aryl methyl sites for hydroxylation is 1. The Hall–Kier alpha value is -1.67. The van der Waals surface area contributed by atoms with Crippen LogP contribution in [0.1, 0.15) is 21.5 Å². The first kappa shape index (κ1) is 10.8. The Kier molecular flexibility index (Phi) is 3.02. The molecular formula is C13H10ClNO. The summed E-state index contributed by atoms with van der Waals surface area (Å²) in [5, 5.41) is 0.244. The first-order chi connectivity index (χ1) is 7.68. The molecule has 1 heterocycles. The highest BCUT2D eigenvalue weighted by Crippen LogP contribution is 2.17. The number of rotatable bonds is 2. The average Bonchev–Trinajstić information content (AvgIpc) is 2.29. The van der Waals surface area contributed by atoms with Gasteiger partial charge in [0.25, 0.3) is 0 Å². The topological polar surface area (TPSA) is 30.0 Å². The van der Waals surface area contributed by atoms with Gasteiger partial charge >= 0.3 is 0 Å². The molecule has 0 radical (unpaired) electrons. The molecule has 0 spiro atoms. The Morgan fingerprint density at radius 2 is 2.06 bits per heavy atom. The molecule has 2 rings (SSSR count). The summed E-state index contributed by atoms with van der Waals surface area (Å²) >= 11 is 5.88. The van der Waals surface area contributed by atoms with Crippen LogP contribution >= 0.6 is 11.6 Å². The quantitative estimate of drug-likeness (QED) is 0.587. The van der Waals surface area contributed by atoms with E-state index < -0.39 is 0 Å². The SMILES string of the molecule is Cc1cccc(C(=O)c2cccnc2Cl)c1. The molecule has 2 aromatic rings. The van der Waals surface area contributed by atoms with Gasteiger partial charge in [-0.1, -0.05) is 35.4 Å². The van der Waals surface area contributed by atoms with E-state index >= 15 is 0 Å². The largest absolute Gasteiger partial charge is 0.288 e. The van der Waals surface area contributed by atoms with Crippen LogP contribution in [0, 0.1) is 6.92 Å². The fraction of sp³-hybridized carbons (Fsp3) is 0.0769. The maximum atomic E-state index is 12.1. The highest BCUT2D eigenvalue weighted by Gasteiger charge is 2.12. The number of hydrogen-bond donors (Lipinski definition) is 0. The van der Waals surface area contributed by atoms with Crippen LogP contribution in [0.2, 0.25) is 5.15 Å². The van der Waals surface area contributed by atoms with Crippen LogP contribution in [-0.2, 0) is 0 Å². The fourth-order valence-corrected chi connectivity index (χ4v) is 1.70. The van der Waals surface area contributed by atoms with Crippen LogP contribution in [-0.4, -0.2) is 10.8 Å². The second-order valence-corrected chi connectivity index (χ2v) is 3.90. The molecule has 0 aliphatic rings. The molecule has 0 saturated carbocycles. The van der Waals surface area contributed by atoms with Gasteiger partial charge < -0.3 is 0 Å². The molecule has 1 aromatic heterocycles. The Bertz CT molecular complexity index is 537. The molecular weight excluding hydrogens is 222 g/mol. The molecule has 0 N–H and O–H groups in total. The fourth-order valence-electron chi connectivity index (χ4n) is 1.50. The van der Waals surface area contributed by atoms with E-state index in [1.165, 1.54) is 0 Å². The molecule has 0 unspecified atom stereocenters. The van der Waals surface area contributed by atoms with E-state index in [4.69, 9.17) is 11.6 Å².